The zero-order chi connectivity index (χ0) is 55.9. The Hall–Kier alpha value is -7.24. The maximum atomic E-state index is 11.7. The van der Waals surface area contributed by atoms with E-state index in [0.717, 1.165) is 28.7 Å². The van der Waals surface area contributed by atoms with Crippen molar-refractivity contribution in [2.24, 2.45) is 40.1 Å². The van der Waals surface area contributed by atoms with Crippen LogP contribution in [0, 0.1) is 23.7 Å². The lowest BCUT2D eigenvalue weighted by Gasteiger charge is -2.18. The average Bonchev–Trinajstić information content (AvgIpc) is 3.36. The molecule has 0 aliphatic carbocycles. The van der Waals surface area contributed by atoms with Crippen molar-refractivity contribution in [1.29, 1.82) is 0 Å². The fourth-order valence-electron chi connectivity index (χ4n) is 5.31. The van der Waals surface area contributed by atoms with Crippen LogP contribution >= 0.6 is 11.6 Å². The van der Waals surface area contributed by atoms with E-state index in [0.29, 0.717) is 32.4 Å². The number of isocyanates is 1. The van der Waals surface area contributed by atoms with Gasteiger partial charge in [-0.15, -0.1) is 0 Å². The van der Waals surface area contributed by atoms with Crippen molar-refractivity contribution in [3.05, 3.63) is 144 Å². The Labute approximate surface area is 434 Å². The summed E-state index contributed by atoms with van der Waals surface area (Å²) >= 11 is 5.19. The van der Waals surface area contributed by atoms with Gasteiger partial charge in [-0.3, -0.25) is 19.2 Å². The lowest BCUT2D eigenvalue weighted by atomic mass is 10.0. The van der Waals surface area contributed by atoms with Crippen LogP contribution in [-0.4, -0.2) is 91.7 Å². The first kappa shape index (κ1) is 67.8. The van der Waals surface area contributed by atoms with Gasteiger partial charge < -0.3 is 47.8 Å². The number of urea groups is 1. The number of nitrogens with zero attached hydrogens (tertiary/aromatic N) is 1. The molecule has 4 aromatic carbocycles. The van der Waals surface area contributed by atoms with Crippen LogP contribution in [-0.2, 0) is 59.5 Å². The summed E-state index contributed by atoms with van der Waals surface area (Å²) in [4.78, 5) is 88.6. The van der Waals surface area contributed by atoms with Gasteiger partial charge in [0.25, 0.3) is 0 Å². The maximum absolute atomic E-state index is 11.7. The van der Waals surface area contributed by atoms with Crippen LogP contribution < -0.4 is 27.4 Å². The van der Waals surface area contributed by atoms with Crippen molar-refractivity contribution in [3.63, 3.8) is 0 Å². The Morgan fingerprint density at radius 2 is 0.849 bits per heavy atom. The van der Waals surface area contributed by atoms with Crippen LogP contribution in [0.3, 0.4) is 0 Å². The number of carbonyl (C=O) groups excluding carboxylic acids is 4. The molecule has 11 N–H and O–H groups in total. The minimum atomic E-state index is -1.03. The van der Waals surface area contributed by atoms with E-state index in [1.807, 2.05) is 121 Å². The molecule has 0 unspecified atom stereocenters. The van der Waals surface area contributed by atoms with Gasteiger partial charge in [0.05, 0.1) is 6.54 Å². The summed E-state index contributed by atoms with van der Waals surface area (Å²) in [6.45, 7) is 15.0. The Balaban J connectivity index is 0. The van der Waals surface area contributed by atoms with Gasteiger partial charge in [-0.2, -0.15) is 0 Å². The molecule has 19 heteroatoms. The zero-order valence-electron chi connectivity index (χ0n) is 42.9. The van der Waals surface area contributed by atoms with Crippen molar-refractivity contribution < 1.29 is 58.8 Å². The quantitative estimate of drug-likeness (QED) is 0.0236. The van der Waals surface area contributed by atoms with Gasteiger partial charge >= 0.3 is 29.9 Å². The second-order valence-electron chi connectivity index (χ2n) is 17.4. The summed E-state index contributed by atoms with van der Waals surface area (Å²) in [6, 6.07) is 34.9. The number of amides is 3. The number of benzene rings is 4. The van der Waals surface area contributed by atoms with E-state index in [2.05, 4.69) is 20.9 Å². The molecule has 4 rings (SSSR count). The molecule has 18 nitrogen and oxygen atoms in total. The maximum Gasteiger partial charge on any atom is 0.326 e. The van der Waals surface area contributed by atoms with Crippen LogP contribution in [0.4, 0.5) is 4.79 Å². The zero-order valence-corrected chi connectivity index (χ0v) is 43.7. The van der Waals surface area contributed by atoms with Crippen molar-refractivity contribution in [3.8, 4) is 0 Å². The van der Waals surface area contributed by atoms with Gasteiger partial charge in [0.15, 0.2) is 0 Å². The van der Waals surface area contributed by atoms with Crippen molar-refractivity contribution >= 4 is 58.7 Å². The van der Waals surface area contributed by atoms with Crippen LogP contribution in [0.25, 0.3) is 0 Å². The first-order valence-corrected chi connectivity index (χ1v) is 23.9. The van der Waals surface area contributed by atoms with Gasteiger partial charge in [-0.25, -0.2) is 24.2 Å². The SMILES string of the molecule is CC(C)[C@H](N)C(=O)O.CC(C)[C@H](N)C(=O)O.CC(C)[C@H](NC(=O)CCc1ccccc1)C(=O)O.CC(C)[C@H](NC(=O)NCc1ccccc1)C(=O)O.O=C(Cl)CCc1ccccc1.O=C=NCc1ccccc1. The predicted molar refractivity (Wildman–Crippen MR) is 282 cm³/mol. The smallest absolute Gasteiger partial charge is 0.326 e. The summed E-state index contributed by atoms with van der Waals surface area (Å²) in [5.41, 5.74) is 14.5. The number of carboxylic acids is 4. The second-order valence-corrected chi connectivity index (χ2v) is 17.9. The number of nitrogens with one attached hydrogen (secondary N) is 3. The topological polar surface area (TPSA) is 318 Å². The standard InChI is InChI=1S/C14H19NO3.C13H18N2O3.C9H9ClO.C8H7NO.2C5H11NO2/c1-10(2)13(14(17)18)15-12(16)9-8-11-6-4-3-5-7-11;1-9(2)11(12(16)17)15-13(18)14-8-10-6-4-3-5-7-10;10-9(11)7-6-8-4-2-1-3-5-8;10-7-9-6-8-4-2-1-3-5-8;2*1-3(2)4(6)5(7)8/h3-7,10,13H,8-9H2,1-2H3,(H,15,16)(H,17,18);3-7,9,11H,8H2,1-2H3,(H,16,17)(H2,14,15,18);1-5H,6-7H2;1-5H,6H2;2*3-4H,6H2,1-2H3,(H,7,8)/t13-;11-;;;2*4-/m00..00/s1. The number of nitrogens with two attached hydrogens (primary N) is 2. The summed E-state index contributed by atoms with van der Waals surface area (Å²) in [5.74, 6) is -4.34. The van der Waals surface area contributed by atoms with E-state index in [1.54, 1.807) is 55.4 Å². The highest BCUT2D eigenvalue weighted by molar-refractivity contribution is 6.63. The lowest BCUT2D eigenvalue weighted by Crippen LogP contribution is -2.48. The first-order valence-electron chi connectivity index (χ1n) is 23.5. The third-order valence-electron chi connectivity index (χ3n) is 9.88. The lowest BCUT2D eigenvalue weighted by molar-refractivity contribution is -0.143. The second kappa shape index (κ2) is 40.4. The van der Waals surface area contributed by atoms with Gasteiger partial charge in [-0.05, 0) is 70.4 Å². The van der Waals surface area contributed by atoms with Crippen molar-refractivity contribution in [1.82, 2.24) is 16.0 Å². The molecule has 0 saturated carbocycles. The number of hydrogen-bond donors (Lipinski definition) is 9. The fraction of sp³-hybridized carbons (Fsp3) is 0.407. The van der Waals surface area contributed by atoms with Crippen LogP contribution in [0.15, 0.2) is 126 Å². The van der Waals surface area contributed by atoms with E-state index < -0.39 is 54.1 Å². The van der Waals surface area contributed by atoms with Gasteiger partial charge in [0, 0.05) is 19.4 Å². The fourth-order valence-corrected chi connectivity index (χ4v) is 5.40. The predicted octanol–water partition coefficient (Wildman–Crippen LogP) is 7.46. The molecular formula is C54H75ClN6O12. The van der Waals surface area contributed by atoms with E-state index >= 15 is 0 Å². The molecular weight excluding hydrogens is 960 g/mol. The molecule has 0 aliphatic heterocycles. The summed E-state index contributed by atoms with van der Waals surface area (Å²) in [5, 5.41) is 41.7. The van der Waals surface area contributed by atoms with E-state index in [9.17, 15) is 38.4 Å². The number of aliphatic carboxylic acids is 4. The van der Waals surface area contributed by atoms with Crippen molar-refractivity contribution in [2.75, 3.05) is 0 Å². The molecule has 4 atom stereocenters. The summed E-state index contributed by atoms with van der Waals surface area (Å²) in [6.07, 6.45) is 3.58. The van der Waals surface area contributed by atoms with Crippen molar-refractivity contribution in [2.45, 2.75) is 118 Å². The highest BCUT2D eigenvalue weighted by Gasteiger charge is 2.24. The number of carbonyl (C=O) groups is 7. The number of hydrogen-bond acceptors (Lipinski definition) is 11. The number of rotatable bonds is 20. The number of halogens is 1. The Bertz CT molecular complexity index is 2130. The number of aliphatic imine (C=N–C) groups is 1. The third kappa shape index (κ3) is 36.4. The van der Waals surface area contributed by atoms with Gasteiger partial charge in [0.1, 0.15) is 24.2 Å². The molecule has 400 valence electrons. The molecule has 0 spiro atoms. The van der Waals surface area contributed by atoms with Crippen LogP contribution in [0.5, 0.6) is 0 Å². The van der Waals surface area contributed by atoms with E-state index in [1.165, 1.54) is 6.08 Å². The average molecular weight is 1040 g/mol. The molecule has 4 aromatic rings. The highest BCUT2D eigenvalue weighted by Crippen LogP contribution is 2.07. The Morgan fingerprint density at radius 1 is 0.507 bits per heavy atom. The van der Waals surface area contributed by atoms with Crippen LogP contribution in [0.1, 0.15) is 90.5 Å². The molecule has 0 saturated heterocycles. The highest BCUT2D eigenvalue weighted by atomic mass is 35.5. The third-order valence-corrected chi connectivity index (χ3v) is 10.1. The first-order chi connectivity index (χ1) is 34.3. The molecule has 3 amide bonds. The Morgan fingerprint density at radius 3 is 1.15 bits per heavy atom. The molecule has 0 radical (unpaired) electrons. The molecule has 0 aromatic heterocycles. The minimum absolute atomic E-state index is 0.0208. The van der Waals surface area contributed by atoms with E-state index in [4.69, 9.17) is 43.5 Å². The normalized spacial score (nSPS) is 11.6. The molecule has 0 fully saturated rings. The largest absolute Gasteiger partial charge is 0.480 e. The molecule has 0 aliphatic rings. The number of carboxylic acid groups (broad SMARTS) is 4. The molecule has 0 heterocycles. The van der Waals surface area contributed by atoms with Crippen LogP contribution in [0.2, 0.25) is 0 Å². The van der Waals surface area contributed by atoms with Gasteiger partial charge in [0.2, 0.25) is 17.2 Å². The molecule has 73 heavy (non-hydrogen) atoms. The van der Waals surface area contributed by atoms with E-state index in [-0.39, 0.29) is 34.8 Å². The van der Waals surface area contributed by atoms with Gasteiger partial charge in [-0.1, -0.05) is 177 Å². The number of aryl methyl sites for hydroxylation is 2. The Kier molecular flexibility index (Phi) is 37.5. The molecule has 0 bridgehead atoms. The monoisotopic (exact) mass is 1030 g/mol. The summed E-state index contributed by atoms with van der Waals surface area (Å²) in [7, 11) is 0. The minimum Gasteiger partial charge on any atom is -0.480 e. The summed E-state index contributed by atoms with van der Waals surface area (Å²) < 4.78 is 0.